The first kappa shape index (κ1) is 9.76. The first-order chi connectivity index (χ1) is 7.06. The molecule has 1 aliphatic rings. The Hall–Kier alpha value is -1.78. The number of carbonyl (C=O) groups is 1. The lowest BCUT2D eigenvalue weighted by atomic mass is 10.1. The molecule has 0 N–H and O–H groups in total. The topological polar surface area (TPSA) is 32.7 Å². The molecule has 1 amide bonds. The van der Waals surface area contributed by atoms with E-state index in [4.69, 9.17) is 0 Å². The summed E-state index contributed by atoms with van der Waals surface area (Å²) in [5.41, 5.74) is 0.700. The Kier molecular flexibility index (Phi) is 2.22. The van der Waals surface area contributed by atoms with E-state index < -0.39 is 11.6 Å². The Morgan fingerprint density at radius 3 is 2.33 bits per heavy atom. The van der Waals surface area contributed by atoms with E-state index in [2.05, 4.69) is 5.10 Å². The van der Waals surface area contributed by atoms with Crippen LogP contribution >= 0.6 is 0 Å². The van der Waals surface area contributed by atoms with Gasteiger partial charge in [-0.25, -0.2) is 13.8 Å². The molecule has 0 radical (unpaired) electrons. The summed E-state index contributed by atoms with van der Waals surface area (Å²) in [5.74, 6) is -1.53. The molecule has 5 heteroatoms. The number of carbonyl (C=O) groups excluding carboxylic acids is 1. The quantitative estimate of drug-likeness (QED) is 0.691. The number of halogens is 2. The summed E-state index contributed by atoms with van der Waals surface area (Å²) in [4.78, 5) is 11.2. The number of hydrogen-bond donors (Lipinski definition) is 0. The predicted octanol–water partition coefficient (Wildman–Crippen LogP) is 1.53. The van der Waals surface area contributed by atoms with Crippen LogP contribution in [0, 0.1) is 11.6 Å². The number of rotatable bonds is 1. The van der Waals surface area contributed by atoms with Gasteiger partial charge in [-0.1, -0.05) is 0 Å². The van der Waals surface area contributed by atoms with E-state index in [9.17, 15) is 13.6 Å². The van der Waals surface area contributed by atoms with Gasteiger partial charge in [-0.15, -0.1) is 0 Å². The molecule has 3 nitrogen and oxygen atoms in total. The zero-order valence-electron chi connectivity index (χ0n) is 8.00. The van der Waals surface area contributed by atoms with Crippen molar-refractivity contribution in [1.82, 2.24) is 5.01 Å². The van der Waals surface area contributed by atoms with Gasteiger partial charge in [0.05, 0.1) is 12.1 Å². The van der Waals surface area contributed by atoms with Crippen molar-refractivity contribution in [1.29, 1.82) is 0 Å². The molecule has 0 fully saturated rings. The van der Waals surface area contributed by atoms with E-state index in [-0.39, 0.29) is 12.3 Å². The van der Waals surface area contributed by atoms with Crippen molar-refractivity contribution in [3.05, 3.63) is 35.4 Å². The standard InChI is InChI=1S/C10H8F2N2O/c1-14-10(15)5-9(13-14)6-2-7(11)4-8(12)3-6/h2-4H,5H2,1H3. The van der Waals surface area contributed by atoms with Crippen LogP contribution in [0.3, 0.4) is 0 Å². The summed E-state index contributed by atoms with van der Waals surface area (Å²) in [5, 5.41) is 5.05. The molecule has 0 spiro atoms. The maximum absolute atomic E-state index is 12.9. The second-order valence-electron chi connectivity index (χ2n) is 3.30. The predicted molar refractivity (Wildman–Crippen MR) is 50.3 cm³/mol. The molecule has 0 aliphatic carbocycles. The lowest BCUT2D eigenvalue weighted by Crippen LogP contribution is -2.14. The maximum Gasteiger partial charge on any atom is 0.248 e. The van der Waals surface area contributed by atoms with E-state index in [1.54, 1.807) is 0 Å². The van der Waals surface area contributed by atoms with Gasteiger partial charge in [0, 0.05) is 18.7 Å². The zero-order valence-corrected chi connectivity index (χ0v) is 8.00. The van der Waals surface area contributed by atoms with E-state index >= 15 is 0 Å². The fraction of sp³-hybridized carbons (Fsp3) is 0.200. The molecule has 1 aliphatic heterocycles. The Morgan fingerprint density at radius 1 is 1.27 bits per heavy atom. The minimum absolute atomic E-state index is 0.0827. The number of amides is 1. The van der Waals surface area contributed by atoms with E-state index in [0.29, 0.717) is 11.3 Å². The molecule has 1 aromatic carbocycles. The molecule has 0 unspecified atom stereocenters. The Labute approximate surface area is 85.0 Å². The van der Waals surface area contributed by atoms with E-state index in [1.807, 2.05) is 0 Å². The van der Waals surface area contributed by atoms with Crippen molar-refractivity contribution in [3.63, 3.8) is 0 Å². The van der Waals surface area contributed by atoms with Gasteiger partial charge in [-0.2, -0.15) is 5.10 Å². The van der Waals surface area contributed by atoms with Crippen LogP contribution in [0.1, 0.15) is 12.0 Å². The highest BCUT2D eigenvalue weighted by Gasteiger charge is 2.22. The van der Waals surface area contributed by atoms with Crippen molar-refractivity contribution >= 4 is 11.6 Å². The summed E-state index contributed by atoms with van der Waals surface area (Å²) in [6.45, 7) is 0. The largest absolute Gasteiger partial charge is 0.273 e. The van der Waals surface area contributed by atoms with E-state index in [1.165, 1.54) is 7.05 Å². The summed E-state index contributed by atoms with van der Waals surface area (Å²) in [7, 11) is 1.50. The van der Waals surface area contributed by atoms with Crippen LogP contribution in [0.15, 0.2) is 23.3 Å². The molecule has 1 heterocycles. The Morgan fingerprint density at radius 2 is 1.87 bits per heavy atom. The maximum atomic E-state index is 12.9. The first-order valence-corrected chi connectivity index (χ1v) is 4.37. The average Bonchev–Trinajstić information content (AvgIpc) is 2.45. The molecule has 0 atom stereocenters. The Bertz CT molecular complexity index is 436. The van der Waals surface area contributed by atoms with Crippen molar-refractivity contribution in [2.24, 2.45) is 5.10 Å². The van der Waals surface area contributed by atoms with Gasteiger partial charge in [0.15, 0.2) is 0 Å². The number of hydrogen-bond acceptors (Lipinski definition) is 2. The SMILES string of the molecule is CN1N=C(c2cc(F)cc(F)c2)CC1=O. The number of benzene rings is 1. The molecule has 0 saturated carbocycles. The van der Waals surface area contributed by atoms with Crippen LogP contribution in [0.2, 0.25) is 0 Å². The van der Waals surface area contributed by atoms with Crippen LogP contribution < -0.4 is 0 Å². The van der Waals surface area contributed by atoms with Gasteiger partial charge in [-0.3, -0.25) is 4.79 Å². The highest BCUT2D eigenvalue weighted by Crippen LogP contribution is 2.15. The fourth-order valence-electron chi connectivity index (χ4n) is 1.41. The third-order valence-corrected chi connectivity index (χ3v) is 2.15. The minimum Gasteiger partial charge on any atom is -0.273 e. The molecule has 0 aromatic heterocycles. The average molecular weight is 210 g/mol. The fourth-order valence-corrected chi connectivity index (χ4v) is 1.41. The second-order valence-corrected chi connectivity index (χ2v) is 3.30. The van der Waals surface area contributed by atoms with Crippen LogP contribution in [-0.4, -0.2) is 23.7 Å². The van der Waals surface area contributed by atoms with Crippen LogP contribution in [0.25, 0.3) is 0 Å². The summed E-state index contributed by atoms with van der Waals surface area (Å²) in [6.07, 6.45) is 0.0827. The lowest BCUT2D eigenvalue weighted by molar-refractivity contribution is -0.127. The molecule has 15 heavy (non-hydrogen) atoms. The summed E-state index contributed by atoms with van der Waals surface area (Å²) in [6, 6.07) is 3.10. The highest BCUT2D eigenvalue weighted by molar-refractivity contribution is 6.13. The molecule has 78 valence electrons. The van der Waals surface area contributed by atoms with Gasteiger partial charge < -0.3 is 0 Å². The molecule has 1 aromatic rings. The molecule has 0 bridgehead atoms. The van der Waals surface area contributed by atoms with Gasteiger partial charge in [0.25, 0.3) is 0 Å². The minimum atomic E-state index is -0.672. The van der Waals surface area contributed by atoms with Crippen LogP contribution in [0.4, 0.5) is 8.78 Å². The molecule has 2 rings (SSSR count). The third kappa shape index (κ3) is 1.86. The van der Waals surface area contributed by atoms with Crippen LogP contribution in [-0.2, 0) is 4.79 Å². The van der Waals surface area contributed by atoms with Gasteiger partial charge in [-0.05, 0) is 12.1 Å². The summed E-state index contributed by atoms with van der Waals surface area (Å²) >= 11 is 0. The molecular formula is C10H8F2N2O. The number of hydrazone groups is 1. The van der Waals surface area contributed by atoms with Crippen molar-refractivity contribution in [2.45, 2.75) is 6.42 Å². The summed E-state index contributed by atoms with van der Waals surface area (Å²) < 4.78 is 25.8. The first-order valence-electron chi connectivity index (χ1n) is 4.37. The molecule has 0 saturated heterocycles. The van der Waals surface area contributed by atoms with Gasteiger partial charge >= 0.3 is 0 Å². The Balaban J connectivity index is 2.39. The van der Waals surface area contributed by atoms with Crippen molar-refractivity contribution < 1.29 is 13.6 Å². The normalized spacial score (nSPS) is 15.8. The number of nitrogens with zero attached hydrogens (tertiary/aromatic N) is 2. The van der Waals surface area contributed by atoms with Crippen molar-refractivity contribution in [3.8, 4) is 0 Å². The third-order valence-electron chi connectivity index (χ3n) is 2.15. The van der Waals surface area contributed by atoms with Crippen molar-refractivity contribution in [2.75, 3.05) is 7.05 Å². The monoisotopic (exact) mass is 210 g/mol. The smallest absolute Gasteiger partial charge is 0.248 e. The van der Waals surface area contributed by atoms with Gasteiger partial charge in [0.2, 0.25) is 5.91 Å². The zero-order chi connectivity index (χ0) is 11.0. The van der Waals surface area contributed by atoms with Gasteiger partial charge in [0.1, 0.15) is 11.6 Å². The lowest BCUT2D eigenvalue weighted by Gasteiger charge is -2.00. The second kappa shape index (κ2) is 3.42. The molecular weight excluding hydrogens is 202 g/mol. The van der Waals surface area contributed by atoms with E-state index in [0.717, 1.165) is 23.2 Å². The highest BCUT2D eigenvalue weighted by atomic mass is 19.1. The van der Waals surface area contributed by atoms with Crippen LogP contribution in [0.5, 0.6) is 0 Å².